The van der Waals surface area contributed by atoms with Crippen molar-refractivity contribution in [3.05, 3.63) is 64.2 Å². The number of carbonyl (C=O) groups excluding carboxylic acids is 2. The number of rotatable bonds is 7. The molecule has 0 aliphatic rings. The molecular formula is C22H29N3O2. The van der Waals surface area contributed by atoms with Crippen molar-refractivity contribution >= 4 is 17.5 Å². The Morgan fingerprint density at radius 1 is 0.889 bits per heavy atom. The van der Waals surface area contributed by atoms with Gasteiger partial charge in [0.1, 0.15) is 0 Å². The van der Waals surface area contributed by atoms with Gasteiger partial charge in [0.15, 0.2) is 0 Å². The molecule has 0 fully saturated rings. The topological polar surface area (TPSA) is 61.4 Å². The molecule has 0 bridgehead atoms. The SMILES string of the molecule is Cc1cc(C)c(NC(=O)CN(C)CC(=O)NCc2ccccc2C)c(C)c1. The predicted molar refractivity (Wildman–Crippen MR) is 110 cm³/mol. The molecular weight excluding hydrogens is 338 g/mol. The molecule has 144 valence electrons. The highest BCUT2D eigenvalue weighted by atomic mass is 16.2. The first-order chi connectivity index (χ1) is 12.8. The predicted octanol–water partition coefficient (Wildman–Crippen LogP) is 3.11. The van der Waals surface area contributed by atoms with E-state index < -0.39 is 0 Å². The van der Waals surface area contributed by atoms with Gasteiger partial charge in [-0.3, -0.25) is 14.5 Å². The molecule has 0 unspecified atom stereocenters. The third-order valence-corrected chi connectivity index (χ3v) is 4.51. The van der Waals surface area contributed by atoms with Gasteiger partial charge in [0.25, 0.3) is 0 Å². The summed E-state index contributed by atoms with van der Waals surface area (Å²) >= 11 is 0. The van der Waals surface area contributed by atoms with Crippen LogP contribution >= 0.6 is 0 Å². The Balaban J connectivity index is 1.82. The van der Waals surface area contributed by atoms with Crippen LogP contribution in [0.1, 0.15) is 27.8 Å². The Labute approximate surface area is 161 Å². The zero-order chi connectivity index (χ0) is 20.0. The highest BCUT2D eigenvalue weighted by molar-refractivity contribution is 5.94. The lowest BCUT2D eigenvalue weighted by atomic mass is 10.1. The number of anilines is 1. The molecule has 2 aromatic carbocycles. The Morgan fingerprint density at radius 2 is 1.48 bits per heavy atom. The molecule has 0 saturated carbocycles. The Kier molecular flexibility index (Phi) is 7.13. The van der Waals surface area contributed by atoms with Gasteiger partial charge in [-0.1, -0.05) is 42.0 Å². The first kappa shape index (κ1) is 20.6. The Bertz CT molecular complexity index is 807. The second-order valence-corrected chi connectivity index (χ2v) is 7.20. The normalized spacial score (nSPS) is 10.7. The van der Waals surface area contributed by atoms with E-state index in [1.807, 2.05) is 64.1 Å². The van der Waals surface area contributed by atoms with Gasteiger partial charge in [0.05, 0.1) is 13.1 Å². The number of likely N-dealkylation sites (N-methyl/N-ethyl adjacent to an activating group) is 1. The van der Waals surface area contributed by atoms with E-state index in [1.165, 1.54) is 5.56 Å². The summed E-state index contributed by atoms with van der Waals surface area (Å²) in [6.07, 6.45) is 0. The van der Waals surface area contributed by atoms with Crippen LogP contribution in [0.5, 0.6) is 0 Å². The van der Waals surface area contributed by atoms with E-state index >= 15 is 0 Å². The number of carbonyl (C=O) groups is 2. The second kappa shape index (κ2) is 9.33. The van der Waals surface area contributed by atoms with Crippen LogP contribution in [0.3, 0.4) is 0 Å². The van der Waals surface area contributed by atoms with Crippen molar-refractivity contribution in [2.45, 2.75) is 34.2 Å². The molecule has 0 aliphatic carbocycles. The number of nitrogens with one attached hydrogen (secondary N) is 2. The van der Waals surface area contributed by atoms with Crippen LogP contribution in [-0.4, -0.2) is 36.9 Å². The molecule has 5 nitrogen and oxygen atoms in total. The van der Waals surface area contributed by atoms with Gasteiger partial charge in [-0.25, -0.2) is 0 Å². The quantitative estimate of drug-likeness (QED) is 0.790. The number of hydrogen-bond donors (Lipinski definition) is 2. The van der Waals surface area contributed by atoms with Gasteiger partial charge < -0.3 is 10.6 Å². The monoisotopic (exact) mass is 367 g/mol. The molecule has 2 aromatic rings. The number of aryl methyl sites for hydroxylation is 4. The first-order valence-electron chi connectivity index (χ1n) is 9.13. The van der Waals surface area contributed by atoms with Crippen molar-refractivity contribution in [3.63, 3.8) is 0 Å². The van der Waals surface area contributed by atoms with E-state index in [1.54, 1.807) is 11.9 Å². The molecule has 0 atom stereocenters. The standard InChI is InChI=1S/C22H29N3O2/c1-15-10-17(3)22(18(4)11-15)24-21(27)14-25(5)13-20(26)23-12-19-9-7-6-8-16(19)2/h6-11H,12-14H2,1-5H3,(H,23,26)(H,24,27). The Morgan fingerprint density at radius 3 is 2.11 bits per heavy atom. The third kappa shape index (κ3) is 6.22. The fourth-order valence-electron chi connectivity index (χ4n) is 3.16. The van der Waals surface area contributed by atoms with E-state index in [9.17, 15) is 9.59 Å². The fourth-order valence-corrected chi connectivity index (χ4v) is 3.16. The van der Waals surface area contributed by atoms with Crippen molar-refractivity contribution in [1.29, 1.82) is 0 Å². The molecule has 0 spiro atoms. The second-order valence-electron chi connectivity index (χ2n) is 7.20. The van der Waals surface area contributed by atoms with E-state index in [4.69, 9.17) is 0 Å². The number of hydrogen-bond acceptors (Lipinski definition) is 3. The highest BCUT2D eigenvalue weighted by Crippen LogP contribution is 2.21. The molecule has 2 rings (SSSR count). The molecule has 0 saturated heterocycles. The summed E-state index contributed by atoms with van der Waals surface area (Å²) in [5, 5.41) is 5.87. The molecule has 0 aromatic heterocycles. The number of benzene rings is 2. The van der Waals surface area contributed by atoms with Gasteiger partial charge in [0, 0.05) is 12.2 Å². The lowest BCUT2D eigenvalue weighted by Crippen LogP contribution is -2.38. The van der Waals surface area contributed by atoms with Crippen LogP contribution in [0.2, 0.25) is 0 Å². The highest BCUT2D eigenvalue weighted by Gasteiger charge is 2.13. The van der Waals surface area contributed by atoms with Crippen molar-refractivity contribution in [2.75, 3.05) is 25.5 Å². The van der Waals surface area contributed by atoms with Crippen molar-refractivity contribution < 1.29 is 9.59 Å². The van der Waals surface area contributed by atoms with E-state index in [2.05, 4.69) is 10.6 Å². The Hall–Kier alpha value is -2.66. The molecule has 0 heterocycles. The maximum absolute atomic E-state index is 12.3. The van der Waals surface area contributed by atoms with Crippen LogP contribution in [0.15, 0.2) is 36.4 Å². The van der Waals surface area contributed by atoms with Gasteiger partial charge in [-0.2, -0.15) is 0 Å². The average molecular weight is 367 g/mol. The summed E-state index contributed by atoms with van der Waals surface area (Å²) in [7, 11) is 1.77. The van der Waals surface area contributed by atoms with Crippen molar-refractivity contribution in [2.24, 2.45) is 0 Å². The van der Waals surface area contributed by atoms with Gasteiger partial charge >= 0.3 is 0 Å². The lowest BCUT2D eigenvalue weighted by Gasteiger charge is -2.18. The number of amides is 2. The van der Waals surface area contributed by atoms with Crippen LogP contribution in [0, 0.1) is 27.7 Å². The molecule has 2 N–H and O–H groups in total. The summed E-state index contributed by atoms with van der Waals surface area (Å²) < 4.78 is 0. The van der Waals surface area contributed by atoms with Crippen LogP contribution in [-0.2, 0) is 16.1 Å². The first-order valence-corrected chi connectivity index (χ1v) is 9.13. The molecule has 5 heteroatoms. The van der Waals surface area contributed by atoms with Crippen LogP contribution in [0.4, 0.5) is 5.69 Å². The van der Waals surface area contributed by atoms with E-state index in [-0.39, 0.29) is 24.9 Å². The average Bonchev–Trinajstić information content (AvgIpc) is 2.57. The van der Waals surface area contributed by atoms with Crippen molar-refractivity contribution in [1.82, 2.24) is 10.2 Å². The van der Waals surface area contributed by atoms with E-state index in [0.717, 1.165) is 27.9 Å². The van der Waals surface area contributed by atoms with Gasteiger partial charge in [-0.05, 0) is 57.0 Å². The fraction of sp³-hybridized carbons (Fsp3) is 0.364. The summed E-state index contributed by atoms with van der Waals surface area (Å²) in [6.45, 7) is 8.85. The molecule has 27 heavy (non-hydrogen) atoms. The van der Waals surface area contributed by atoms with Gasteiger partial charge in [-0.15, -0.1) is 0 Å². The largest absolute Gasteiger partial charge is 0.351 e. The minimum Gasteiger partial charge on any atom is -0.351 e. The summed E-state index contributed by atoms with van der Waals surface area (Å²) in [4.78, 5) is 26.2. The summed E-state index contributed by atoms with van der Waals surface area (Å²) in [6, 6.07) is 12.0. The summed E-state index contributed by atoms with van der Waals surface area (Å²) in [5.74, 6) is -0.226. The minimum atomic E-state index is -0.126. The van der Waals surface area contributed by atoms with Gasteiger partial charge in [0.2, 0.25) is 11.8 Å². The van der Waals surface area contributed by atoms with Crippen LogP contribution in [0.25, 0.3) is 0 Å². The van der Waals surface area contributed by atoms with E-state index in [0.29, 0.717) is 6.54 Å². The smallest absolute Gasteiger partial charge is 0.238 e. The zero-order valence-electron chi connectivity index (χ0n) is 16.8. The zero-order valence-corrected chi connectivity index (χ0v) is 16.8. The molecule has 2 amide bonds. The van der Waals surface area contributed by atoms with Crippen LogP contribution < -0.4 is 10.6 Å². The maximum Gasteiger partial charge on any atom is 0.238 e. The minimum absolute atomic E-state index is 0.101. The molecule has 0 aliphatic heterocycles. The number of nitrogens with zero attached hydrogens (tertiary/aromatic N) is 1. The third-order valence-electron chi connectivity index (χ3n) is 4.51. The molecule has 0 radical (unpaired) electrons. The lowest BCUT2D eigenvalue weighted by molar-refractivity contribution is -0.123. The van der Waals surface area contributed by atoms with Crippen molar-refractivity contribution in [3.8, 4) is 0 Å². The maximum atomic E-state index is 12.3. The summed E-state index contributed by atoms with van der Waals surface area (Å²) in [5.41, 5.74) is 6.35.